The van der Waals surface area contributed by atoms with Gasteiger partial charge in [0.2, 0.25) is 0 Å². The van der Waals surface area contributed by atoms with E-state index in [2.05, 4.69) is 61.8 Å². The maximum absolute atomic E-state index is 14.1. The topological polar surface area (TPSA) is 367 Å². The van der Waals surface area contributed by atoms with Crippen molar-refractivity contribution in [3.63, 3.8) is 0 Å². The number of aromatic hydroxyl groups is 6. The highest BCUT2D eigenvalue weighted by molar-refractivity contribution is 5.64. The van der Waals surface area contributed by atoms with Gasteiger partial charge in [-0.25, -0.2) is 56.2 Å². The third-order valence-electron chi connectivity index (χ3n) is 23.5. The van der Waals surface area contributed by atoms with Gasteiger partial charge in [-0.3, -0.25) is 0 Å². The van der Waals surface area contributed by atoms with Crippen LogP contribution in [0, 0.1) is 34.9 Å². The van der Waals surface area contributed by atoms with Crippen LogP contribution in [0.5, 0.6) is 34.5 Å². The van der Waals surface area contributed by atoms with Gasteiger partial charge in [-0.2, -0.15) is 0 Å². The number of nitrogens with zero attached hydrogens (tertiary/aromatic N) is 12. The van der Waals surface area contributed by atoms with E-state index in [4.69, 9.17) is 17.2 Å². The Morgan fingerprint density at radius 1 is 0.279 bits per heavy atom. The SMILES string of the molecule is C=C(N)Cc1c(Cc2ccccc2)ncn1Cc1cc(O)cc(F)c1.C=C(N)Cc1c(Cc2ccccc2)ncn1Cc1cc(O)ccc1F.C=C(N)Cc1c(Cc2ccccc2)ncn1Cc1ccc(F)c(O)c1.CC(O)Cc1c(-c2ccccc2)ncn1Cc1cc(O)cc(F)c1.CC(O)Cc1c(-c2ccccc2)ncn1Cc1ccc(F)c(O)c1.CC(O)Cc1c(-c2ccccc2)ncn1Cc1cccc(O)c1F. The Morgan fingerprint density at radius 2 is 0.578 bits per heavy atom. The molecule has 6 aromatic heterocycles. The molecule has 24 nitrogen and oxygen atoms in total. The molecule has 0 aliphatic carbocycles. The number of phenolic OH excluding ortho intramolecular Hbond substituents is 6. The third kappa shape index (κ3) is 31.1. The molecule has 147 heavy (non-hydrogen) atoms. The van der Waals surface area contributed by atoms with E-state index >= 15 is 0 Å². The number of aliphatic hydroxyl groups excluding tert-OH is 3. The summed E-state index contributed by atoms with van der Waals surface area (Å²) < 4.78 is 92.9. The smallest absolute Gasteiger partial charge is 0.169 e. The van der Waals surface area contributed by atoms with Gasteiger partial charge in [0.15, 0.2) is 34.7 Å². The van der Waals surface area contributed by atoms with Gasteiger partial charge >= 0.3 is 0 Å². The van der Waals surface area contributed by atoms with Crippen LogP contribution in [0.2, 0.25) is 0 Å². The molecular formula is C117H117F6N15O9. The van der Waals surface area contributed by atoms with Crippen molar-refractivity contribution in [2.45, 2.75) is 136 Å². The van der Waals surface area contributed by atoms with Crippen LogP contribution in [0.3, 0.4) is 0 Å². The monoisotopic (exact) mass is 1990 g/mol. The maximum Gasteiger partial charge on any atom is 0.169 e. The van der Waals surface area contributed by atoms with Crippen LogP contribution >= 0.6 is 0 Å². The summed E-state index contributed by atoms with van der Waals surface area (Å²) in [4.78, 5) is 27.0. The van der Waals surface area contributed by atoms with Gasteiger partial charge < -0.3 is 90.6 Å². The number of aliphatic hydroxyl groups is 3. The van der Waals surface area contributed by atoms with Crippen molar-refractivity contribution in [2.24, 2.45) is 17.2 Å². The van der Waals surface area contributed by atoms with Crippen molar-refractivity contribution in [1.82, 2.24) is 57.3 Å². The fourth-order valence-electron chi connectivity index (χ4n) is 16.7. The number of phenols is 6. The summed E-state index contributed by atoms with van der Waals surface area (Å²) in [7, 11) is 0. The van der Waals surface area contributed by atoms with E-state index in [1.54, 1.807) is 89.1 Å². The highest BCUT2D eigenvalue weighted by atomic mass is 19.1. The standard InChI is InChI=1S/3C20H20FN3O.3C19H19FN2O2/c1-14(22)7-20-19(10-15-5-3-2-4-6-15)23-13-24(20)12-16-8-17(21)11-18(25)9-16;1-14(22)9-20-19(10-15-5-3-2-4-6-15)23-13-24(20)12-16-11-17(25)7-8-18(16)21;1-14(22)9-19-18(10-15-5-3-2-4-6-15)23-13-24(19)12-16-7-8-17(21)20(25)11-16;1-13(23)10-16-19(14-6-3-2-4-7-14)21-12-22(16)11-15-8-5-9-17(24)18(15)20;1-13(23)7-18-19(15-5-3-2-4-6-15)21-12-22(18)11-14-8-16(20)10-17(24)9-14;1-13(23)9-17-19(15-5-3-2-4-6-15)21-12-22(17)11-14-7-8-16(20)18(24)10-14/h2-6,8-9,11,13,25H,1,7,10,12,22H2;2*2-8,11,13,25H,1,9-10,12,22H2;2-9,12-13,23-24H,10-11H2,1H3;2-6,8-10,12-13,23-24H,7,11H2,1H3;2-8,10,12-13,23-24H,9,11H2,1H3. The summed E-state index contributed by atoms with van der Waals surface area (Å²) in [6.07, 6.45) is 13.4. The predicted molar refractivity (Wildman–Crippen MR) is 558 cm³/mol. The molecule has 30 heteroatoms. The van der Waals surface area contributed by atoms with E-state index in [1.807, 2.05) is 197 Å². The fourth-order valence-corrected chi connectivity index (χ4v) is 16.7. The average molecular weight is 1990 g/mol. The lowest BCUT2D eigenvalue weighted by Gasteiger charge is -2.13. The molecule has 0 aliphatic heterocycles. The van der Waals surface area contributed by atoms with E-state index in [-0.39, 0.29) is 53.4 Å². The minimum atomic E-state index is -0.640. The molecule has 15 N–H and O–H groups in total. The lowest BCUT2D eigenvalue weighted by Crippen LogP contribution is -2.12. The van der Waals surface area contributed by atoms with E-state index in [0.717, 1.165) is 125 Å². The zero-order chi connectivity index (χ0) is 105. The zero-order valence-corrected chi connectivity index (χ0v) is 81.5. The Morgan fingerprint density at radius 3 is 0.905 bits per heavy atom. The summed E-state index contributed by atoms with van der Waals surface area (Å²) in [6.45, 7) is 18.7. The molecule has 0 radical (unpaired) electrons. The van der Waals surface area contributed by atoms with E-state index in [9.17, 15) is 72.3 Å². The molecule has 3 unspecified atom stereocenters. The number of benzene rings is 12. The summed E-state index contributed by atoms with van der Waals surface area (Å²) in [5.41, 5.74) is 39.6. The first-order valence-corrected chi connectivity index (χ1v) is 47.4. The molecule has 756 valence electrons. The minimum absolute atomic E-state index is 0.0332. The summed E-state index contributed by atoms with van der Waals surface area (Å²) in [6, 6.07) is 84.5. The number of imidazole rings is 6. The van der Waals surface area contributed by atoms with Crippen molar-refractivity contribution in [1.29, 1.82) is 0 Å². The number of allylic oxidation sites excluding steroid dienone is 3. The van der Waals surface area contributed by atoms with Gasteiger partial charge in [0.1, 0.15) is 34.7 Å². The highest BCUT2D eigenvalue weighted by Crippen LogP contribution is 2.33. The summed E-state index contributed by atoms with van der Waals surface area (Å²) in [5, 5.41) is 86.9. The second kappa shape index (κ2) is 51.6. The zero-order valence-electron chi connectivity index (χ0n) is 81.5. The Hall–Kier alpha value is -17.2. The number of rotatable bonds is 33. The highest BCUT2D eigenvalue weighted by Gasteiger charge is 2.24. The van der Waals surface area contributed by atoms with E-state index in [0.29, 0.717) is 123 Å². The van der Waals surface area contributed by atoms with E-state index < -0.39 is 47.4 Å². The number of hydrogen-bond acceptors (Lipinski definition) is 18. The van der Waals surface area contributed by atoms with Gasteiger partial charge in [-0.05, 0) is 133 Å². The van der Waals surface area contributed by atoms with Crippen LogP contribution in [0.4, 0.5) is 26.3 Å². The molecule has 0 aliphatic rings. The molecule has 3 atom stereocenters. The number of aromatic nitrogens is 12. The van der Waals surface area contributed by atoms with Crippen LogP contribution in [-0.2, 0) is 97.1 Å². The molecule has 0 bridgehead atoms. The summed E-state index contributed by atoms with van der Waals surface area (Å²) >= 11 is 0. The molecule has 12 aromatic carbocycles. The van der Waals surface area contributed by atoms with E-state index in [1.165, 1.54) is 66.7 Å². The van der Waals surface area contributed by atoms with Crippen molar-refractivity contribution >= 4 is 0 Å². The van der Waals surface area contributed by atoms with Crippen molar-refractivity contribution in [3.8, 4) is 68.3 Å². The molecule has 0 fully saturated rings. The molecule has 18 aromatic rings. The first kappa shape index (κ1) is 107. The van der Waals surface area contributed by atoms with Crippen LogP contribution < -0.4 is 17.2 Å². The molecular weight excluding hydrogens is 1870 g/mol. The lowest BCUT2D eigenvalue weighted by atomic mass is 10.1. The van der Waals surface area contributed by atoms with Gasteiger partial charge in [0.25, 0.3) is 0 Å². The predicted octanol–water partition coefficient (Wildman–Crippen LogP) is 20.2. The molecule has 0 saturated heterocycles. The molecule has 18 rings (SSSR count). The van der Waals surface area contributed by atoms with Crippen molar-refractivity contribution in [2.75, 3.05) is 0 Å². The molecule has 0 saturated carbocycles. The van der Waals surface area contributed by atoms with Gasteiger partial charge in [-0.1, -0.05) is 226 Å². The molecule has 0 spiro atoms. The number of hydrogen-bond donors (Lipinski definition) is 12. The van der Waals surface area contributed by atoms with Gasteiger partial charge in [-0.15, -0.1) is 0 Å². The largest absolute Gasteiger partial charge is 0.508 e. The maximum atomic E-state index is 14.1. The Bertz CT molecular complexity index is 7360. The Kier molecular flexibility index (Phi) is 37.6. The fraction of sp³-hybridized carbons (Fsp3) is 0.179. The number of halogens is 6. The number of nitrogens with two attached hydrogens (primary N) is 3. The van der Waals surface area contributed by atoms with Crippen molar-refractivity contribution in [3.05, 3.63) is 502 Å². The quantitative estimate of drug-likeness (QED) is 0.0170. The van der Waals surface area contributed by atoms with Crippen LogP contribution in [0.1, 0.15) is 122 Å². The Balaban J connectivity index is 0.000000147. The second-order valence-electron chi connectivity index (χ2n) is 35.8. The van der Waals surface area contributed by atoms with Gasteiger partial charge in [0, 0.05) is 175 Å². The minimum Gasteiger partial charge on any atom is -0.508 e. The van der Waals surface area contributed by atoms with Crippen LogP contribution in [0.25, 0.3) is 33.8 Å². The lowest BCUT2D eigenvalue weighted by molar-refractivity contribution is 0.192. The van der Waals surface area contributed by atoms with Crippen molar-refractivity contribution < 1.29 is 72.3 Å². The van der Waals surface area contributed by atoms with Crippen LogP contribution in [-0.4, -0.2) is 122 Å². The first-order chi connectivity index (χ1) is 70.7. The third-order valence-corrected chi connectivity index (χ3v) is 23.5. The Labute approximate surface area is 848 Å². The normalized spacial score (nSPS) is 11.5. The molecule has 6 heterocycles. The summed E-state index contributed by atoms with van der Waals surface area (Å²) in [5.74, 6) is -4.47. The second-order valence-corrected chi connectivity index (χ2v) is 35.8. The van der Waals surface area contributed by atoms with Gasteiger partial charge in [0.05, 0.1) is 104 Å². The molecule has 0 amide bonds. The van der Waals surface area contributed by atoms with Crippen LogP contribution in [0.15, 0.2) is 366 Å². The average Bonchev–Trinajstić information content (AvgIpc) is 1.67. The first-order valence-electron chi connectivity index (χ1n) is 47.4.